The van der Waals surface area contributed by atoms with Crippen molar-refractivity contribution in [2.24, 2.45) is 0 Å². The molecule has 0 radical (unpaired) electrons. The van der Waals surface area contributed by atoms with Gasteiger partial charge in [0.1, 0.15) is 73.2 Å². The van der Waals surface area contributed by atoms with Crippen LogP contribution in [0.3, 0.4) is 0 Å². The topological polar surface area (TPSA) is 247 Å². The minimum atomic E-state index is -1.77. The minimum Gasteiger partial charge on any atom is -0.394 e. The molecule has 276 valence electrons. The van der Waals surface area contributed by atoms with Gasteiger partial charge in [0.2, 0.25) is 0 Å². The third-order valence-corrected chi connectivity index (χ3v) is 8.63. The summed E-state index contributed by atoms with van der Waals surface area (Å²) < 4.78 is 39.7. The lowest BCUT2D eigenvalue weighted by Gasteiger charge is -2.46. The number of rotatable bonds is 20. The molecule has 0 aromatic carbocycles. The van der Waals surface area contributed by atoms with Crippen LogP contribution in [0.5, 0.6) is 0 Å². The Labute approximate surface area is 275 Å². The first kappa shape index (κ1) is 40.5. The second kappa shape index (κ2) is 20.7. The molecule has 16 nitrogen and oxygen atoms in total. The first-order chi connectivity index (χ1) is 22.5. The molecule has 16 heteroatoms. The zero-order valence-electron chi connectivity index (χ0n) is 27.0. The van der Waals surface area contributed by atoms with Gasteiger partial charge in [-0.25, -0.2) is 0 Å². The minimum absolute atomic E-state index is 0.139. The van der Waals surface area contributed by atoms with Crippen LogP contribution in [0.1, 0.15) is 58.3 Å². The fourth-order valence-electron chi connectivity index (χ4n) is 5.67. The second-order valence-electron chi connectivity index (χ2n) is 12.3. The molecule has 3 rings (SSSR count). The van der Waals surface area contributed by atoms with E-state index in [0.29, 0.717) is 25.9 Å². The average molecular weight is 685 g/mol. The number of ether oxygens (including phenoxy) is 7. The Balaban J connectivity index is 1.70. The molecular weight excluding hydrogens is 628 g/mol. The van der Waals surface area contributed by atoms with Gasteiger partial charge in [-0.05, 0) is 19.3 Å². The third-order valence-electron chi connectivity index (χ3n) is 8.63. The van der Waals surface area contributed by atoms with Crippen molar-refractivity contribution in [2.45, 2.75) is 150 Å². The first-order valence-corrected chi connectivity index (χ1v) is 16.6. The molecule has 0 spiro atoms. The van der Waals surface area contributed by atoms with Crippen LogP contribution in [0.25, 0.3) is 0 Å². The van der Waals surface area contributed by atoms with Crippen LogP contribution in [0, 0.1) is 0 Å². The summed E-state index contributed by atoms with van der Waals surface area (Å²) in [6, 6.07) is 0. The Morgan fingerprint density at radius 3 is 1.83 bits per heavy atom. The van der Waals surface area contributed by atoms with E-state index < -0.39 is 105 Å². The lowest BCUT2D eigenvalue weighted by atomic mass is 9.96. The summed E-state index contributed by atoms with van der Waals surface area (Å²) in [6.45, 7) is 4.99. The normalized spacial score (nSPS) is 41.2. The van der Waals surface area contributed by atoms with E-state index in [1.807, 2.05) is 0 Å². The monoisotopic (exact) mass is 684 g/mol. The van der Waals surface area contributed by atoms with E-state index in [1.54, 1.807) is 6.08 Å². The fourth-order valence-corrected chi connectivity index (χ4v) is 5.67. The molecular formula is C31H56O16. The molecule has 3 saturated heterocycles. The Bertz CT molecular complexity index is 867. The standard InChI is InChI=1S/C31H56O16/c1-3-5-7-8-9-11-13-42-30-27(40)28(47-31-26(39)24(37)21(34)18(46-31)15-41-12-10-6-4-2)22(35)19(45-30)16-43-29-25(38)23(36)20(33)17(14-32)44-29/h4,17-40H,2-3,5-16H2,1H3/t17-,18-,19-,20-,21-,22-,23+,24+,25+,26+,27+,28+,29+,30-,31-/m1/s1. The SMILES string of the molecule is C=CCCCOC[C@H]1O[C@H](O[C@@H]2[C@H](O)[C@H](OCCCCCCCC)O[C@H](CO[C@H]3O[C@H](CO)[C@@H](O)[C@H](O)[C@@H]3O)[C@H]2O)[C@@H](O)[C@@H](O)[C@@H]1O. The summed E-state index contributed by atoms with van der Waals surface area (Å²) in [5.41, 5.74) is 0. The van der Waals surface area contributed by atoms with E-state index in [-0.39, 0.29) is 13.2 Å². The third kappa shape index (κ3) is 11.3. The molecule has 0 saturated carbocycles. The van der Waals surface area contributed by atoms with Gasteiger partial charge in [-0.15, -0.1) is 6.58 Å². The van der Waals surface area contributed by atoms with E-state index in [1.165, 1.54) is 0 Å². The molecule has 3 aliphatic heterocycles. The van der Waals surface area contributed by atoms with Crippen molar-refractivity contribution in [3.63, 3.8) is 0 Å². The second-order valence-corrected chi connectivity index (χ2v) is 12.3. The van der Waals surface area contributed by atoms with E-state index in [9.17, 15) is 46.0 Å². The van der Waals surface area contributed by atoms with E-state index >= 15 is 0 Å². The summed E-state index contributed by atoms with van der Waals surface area (Å²) in [5, 5.41) is 94.2. The lowest BCUT2D eigenvalue weighted by Crippen LogP contribution is -2.65. The summed E-state index contributed by atoms with van der Waals surface area (Å²) in [5.74, 6) is 0. The molecule has 0 amide bonds. The van der Waals surface area contributed by atoms with Crippen molar-refractivity contribution in [3.05, 3.63) is 12.7 Å². The van der Waals surface area contributed by atoms with Crippen LogP contribution in [0.15, 0.2) is 12.7 Å². The predicted octanol–water partition coefficient (Wildman–Crippen LogP) is -2.20. The number of unbranched alkanes of at least 4 members (excludes halogenated alkanes) is 6. The van der Waals surface area contributed by atoms with Crippen LogP contribution in [0.4, 0.5) is 0 Å². The maximum atomic E-state index is 11.3. The maximum absolute atomic E-state index is 11.3. The zero-order valence-corrected chi connectivity index (χ0v) is 27.0. The number of hydrogen-bond donors (Lipinski definition) is 9. The van der Waals surface area contributed by atoms with Gasteiger partial charge in [0.05, 0.1) is 19.8 Å². The van der Waals surface area contributed by atoms with Crippen LogP contribution in [0.2, 0.25) is 0 Å². The van der Waals surface area contributed by atoms with Gasteiger partial charge in [-0.3, -0.25) is 0 Å². The van der Waals surface area contributed by atoms with Gasteiger partial charge in [-0.1, -0.05) is 45.1 Å². The zero-order chi connectivity index (χ0) is 34.5. The van der Waals surface area contributed by atoms with Crippen molar-refractivity contribution in [3.8, 4) is 0 Å². The highest BCUT2D eigenvalue weighted by Gasteiger charge is 2.52. The summed E-state index contributed by atoms with van der Waals surface area (Å²) in [4.78, 5) is 0. The van der Waals surface area contributed by atoms with Crippen molar-refractivity contribution >= 4 is 0 Å². The van der Waals surface area contributed by atoms with E-state index in [2.05, 4.69) is 13.5 Å². The molecule has 3 heterocycles. The Hall–Kier alpha value is -0.900. The molecule has 0 bridgehead atoms. The van der Waals surface area contributed by atoms with Gasteiger partial charge in [0.25, 0.3) is 0 Å². The predicted molar refractivity (Wildman–Crippen MR) is 162 cm³/mol. The number of aliphatic hydroxyl groups is 9. The molecule has 0 aromatic heterocycles. The van der Waals surface area contributed by atoms with Crippen molar-refractivity contribution in [2.75, 3.05) is 33.0 Å². The van der Waals surface area contributed by atoms with Gasteiger partial charge in [0, 0.05) is 13.2 Å². The number of allylic oxidation sites excluding steroid dienone is 1. The highest BCUT2D eigenvalue weighted by Crippen LogP contribution is 2.31. The van der Waals surface area contributed by atoms with Gasteiger partial charge < -0.3 is 79.1 Å². The maximum Gasteiger partial charge on any atom is 0.187 e. The molecule has 47 heavy (non-hydrogen) atoms. The van der Waals surface area contributed by atoms with Gasteiger partial charge >= 0.3 is 0 Å². The lowest BCUT2D eigenvalue weighted by molar-refractivity contribution is -0.366. The molecule has 9 N–H and O–H groups in total. The number of hydrogen-bond acceptors (Lipinski definition) is 16. The van der Waals surface area contributed by atoms with E-state index in [4.69, 9.17) is 33.2 Å². The molecule has 15 atom stereocenters. The summed E-state index contributed by atoms with van der Waals surface area (Å²) in [7, 11) is 0. The fraction of sp³-hybridized carbons (Fsp3) is 0.935. The van der Waals surface area contributed by atoms with Crippen LogP contribution in [-0.2, 0) is 33.2 Å². The van der Waals surface area contributed by atoms with Crippen molar-refractivity contribution in [1.82, 2.24) is 0 Å². The molecule has 3 aliphatic rings. The largest absolute Gasteiger partial charge is 0.394 e. The van der Waals surface area contributed by atoms with Gasteiger partial charge in [-0.2, -0.15) is 0 Å². The highest BCUT2D eigenvalue weighted by molar-refractivity contribution is 4.95. The van der Waals surface area contributed by atoms with Crippen molar-refractivity contribution < 1.29 is 79.1 Å². The number of aliphatic hydroxyl groups excluding tert-OH is 9. The quantitative estimate of drug-likeness (QED) is 0.0488. The Morgan fingerprint density at radius 2 is 1.15 bits per heavy atom. The average Bonchev–Trinajstić information content (AvgIpc) is 3.06. The summed E-state index contributed by atoms with van der Waals surface area (Å²) in [6.07, 6.45) is -13.9. The Kier molecular flexibility index (Phi) is 17.8. The highest BCUT2D eigenvalue weighted by atomic mass is 16.7. The molecule has 0 unspecified atom stereocenters. The molecule has 3 fully saturated rings. The molecule has 0 aromatic rings. The van der Waals surface area contributed by atoms with Crippen LogP contribution >= 0.6 is 0 Å². The Morgan fingerprint density at radius 1 is 0.574 bits per heavy atom. The van der Waals surface area contributed by atoms with Gasteiger partial charge in [0.15, 0.2) is 18.9 Å². The van der Waals surface area contributed by atoms with Crippen molar-refractivity contribution in [1.29, 1.82) is 0 Å². The van der Waals surface area contributed by atoms with Crippen LogP contribution in [-0.4, -0.2) is 171 Å². The van der Waals surface area contributed by atoms with E-state index in [0.717, 1.165) is 32.1 Å². The smallest absolute Gasteiger partial charge is 0.187 e. The first-order valence-electron chi connectivity index (χ1n) is 16.6. The molecule has 0 aliphatic carbocycles. The summed E-state index contributed by atoms with van der Waals surface area (Å²) >= 11 is 0. The van der Waals surface area contributed by atoms with Crippen LogP contribution < -0.4 is 0 Å².